The summed E-state index contributed by atoms with van der Waals surface area (Å²) in [6.07, 6.45) is 23.8. The van der Waals surface area contributed by atoms with E-state index < -0.39 is 11.9 Å². The van der Waals surface area contributed by atoms with Gasteiger partial charge in [0.05, 0.1) is 5.92 Å². The molecule has 0 aromatic rings. The predicted octanol–water partition coefficient (Wildman–Crippen LogP) is 7.59. The first-order valence-corrected chi connectivity index (χ1v) is 12.0. The summed E-state index contributed by atoms with van der Waals surface area (Å²) in [6.45, 7) is 1.80. The normalized spacial score (nSPS) is 12.2. The van der Waals surface area contributed by atoms with Crippen molar-refractivity contribution < 1.29 is 19.8 Å². The highest BCUT2D eigenvalue weighted by Gasteiger charge is 2.09. The molecule has 0 radical (unpaired) electrons. The average Bonchev–Trinajstić information content (AvgIpc) is 2.65. The lowest BCUT2D eigenvalue weighted by molar-refractivity contribution is -0.141. The maximum absolute atomic E-state index is 10.7. The van der Waals surface area contributed by atoms with E-state index in [9.17, 15) is 9.59 Å². The van der Waals surface area contributed by atoms with Crippen molar-refractivity contribution in [2.75, 3.05) is 0 Å². The maximum atomic E-state index is 10.7. The zero-order valence-electron chi connectivity index (χ0n) is 18.4. The van der Waals surface area contributed by atoms with Gasteiger partial charge in [-0.15, -0.1) is 0 Å². The van der Waals surface area contributed by atoms with E-state index in [2.05, 4.69) is 0 Å². The van der Waals surface area contributed by atoms with Crippen LogP contribution in [-0.4, -0.2) is 22.2 Å². The molecular weight excluding hydrogens is 352 g/mol. The fourth-order valence-electron chi connectivity index (χ4n) is 3.68. The van der Waals surface area contributed by atoms with Crippen LogP contribution < -0.4 is 0 Å². The molecule has 0 aromatic heterocycles. The molecule has 0 heterocycles. The maximum Gasteiger partial charge on any atom is 0.306 e. The van der Waals surface area contributed by atoms with Gasteiger partial charge in [0.15, 0.2) is 0 Å². The Morgan fingerprint density at radius 3 is 1.11 bits per heavy atom. The number of unbranched alkanes of at least 4 members (excludes halogenated alkanes) is 17. The molecule has 0 saturated heterocycles. The van der Waals surface area contributed by atoms with Crippen molar-refractivity contribution in [3.8, 4) is 0 Å². The first-order valence-electron chi connectivity index (χ1n) is 12.0. The van der Waals surface area contributed by atoms with E-state index in [1.165, 1.54) is 96.3 Å². The minimum absolute atomic E-state index is 0.185. The molecule has 0 bridgehead atoms. The van der Waals surface area contributed by atoms with E-state index in [0.717, 1.165) is 25.7 Å². The van der Waals surface area contributed by atoms with E-state index in [0.29, 0.717) is 6.42 Å². The highest BCUT2D eigenvalue weighted by molar-refractivity contribution is 5.69. The van der Waals surface area contributed by atoms with E-state index >= 15 is 0 Å². The summed E-state index contributed by atoms with van der Waals surface area (Å²) in [5, 5.41) is 17.4. The van der Waals surface area contributed by atoms with Crippen LogP contribution in [0.5, 0.6) is 0 Å². The Balaban J connectivity index is 3.07. The van der Waals surface area contributed by atoms with Gasteiger partial charge in [0.25, 0.3) is 0 Å². The second kappa shape index (κ2) is 20.7. The Kier molecular flexibility index (Phi) is 19.9. The van der Waals surface area contributed by atoms with Gasteiger partial charge in [0, 0.05) is 6.42 Å². The van der Waals surface area contributed by atoms with Crippen molar-refractivity contribution in [1.29, 1.82) is 0 Å². The minimum atomic E-state index is -0.667. The van der Waals surface area contributed by atoms with Crippen molar-refractivity contribution in [3.63, 3.8) is 0 Å². The van der Waals surface area contributed by atoms with Crippen molar-refractivity contribution >= 4 is 11.9 Å². The van der Waals surface area contributed by atoms with Gasteiger partial charge in [-0.1, -0.05) is 116 Å². The second-order valence-corrected chi connectivity index (χ2v) is 8.54. The number of aliphatic carboxylic acids is 2. The third kappa shape index (κ3) is 21.2. The largest absolute Gasteiger partial charge is 0.481 e. The molecule has 0 amide bonds. The summed E-state index contributed by atoms with van der Waals surface area (Å²) in [4.78, 5) is 21.1. The Morgan fingerprint density at radius 1 is 0.536 bits per heavy atom. The molecule has 0 spiro atoms. The monoisotopic (exact) mass is 398 g/mol. The second-order valence-electron chi connectivity index (χ2n) is 8.54. The summed E-state index contributed by atoms with van der Waals surface area (Å²) in [6, 6.07) is 0. The molecule has 0 fully saturated rings. The molecule has 0 rings (SSSR count). The predicted molar refractivity (Wildman–Crippen MR) is 117 cm³/mol. The molecule has 1 atom stereocenters. The Labute approximate surface area is 173 Å². The molecule has 0 saturated carbocycles. The van der Waals surface area contributed by atoms with Gasteiger partial charge in [0.2, 0.25) is 0 Å². The van der Waals surface area contributed by atoms with E-state index in [-0.39, 0.29) is 5.92 Å². The summed E-state index contributed by atoms with van der Waals surface area (Å²) < 4.78 is 0. The molecule has 0 aliphatic carbocycles. The number of hydrogen-bond donors (Lipinski definition) is 2. The zero-order valence-corrected chi connectivity index (χ0v) is 18.4. The topological polar surface area (TPSA) is 74.6 Å². The van der Waals surface area contributed by atoms with Gasteiger partial charge in [-0.05, 0) is 12.8 Å². The molecule has 4 nitrogen and oxygen atoms in total. The summed E-state index contributed by atoms with van der Waals surface area (Å²) in [7, 11) is 0. The van der Waals surface area contributed by atoms with Crippen molar-refractivity contribution in [2.24, 2.45) is 5.92 Å². The minimum Gasteiger partial charge on any atom is -0.481 e. The van der Waals surface area contributed by atoms with Gasteiger partial charge >= 0.3 is 11.9 Å². The number of hydrogen-bond acceptors (Lipinski definition) is 2. The van der Waals surface area contributed by atoms with Gasteiger partial charge in [-0.3, -0.25) is 9.59 Å². The van der Waals surface area contributed by atoms with Crippen LogP contribution in [0.25, 0.3) is 0 Å². The van der Waals surface area contributed by atoms with E-state index in [4.69, 9.17) is 10.2 Å². The van der Waals surface area contributed by atoms with Gasteiger partial charge in [0.1, 0.15) is 0 Å². The summed E-state index contributed by atoms with van der Waals surface area (Å²) in [5.41, 5.74) is 0. The van der Waals surface area contributed by atoms with Gasteiger partial charge in [-0.2, -0.15) is 0 Å². The fraction of sp³-hybridized carbons (Fsp3) is 0.917. The van der Waals surface area contributed by atoms with Crippen LogP contribution in [-0.2, 0) is 9.59 Å². The Hall–Kier alpha value is -1.06. The summed E-state index contributed by atoms with van der Waals surface area (Å²) in [5.74, 6) is -1.51. The van der Waals surface area contributed by atoms with Gasteiger partial charge < -0.3 is 10.2 Å². The summed E-state index contributed by atoms with van der Waals surface area (Å²) >= 11 is 0. The van der Waals surface area contributed by atoms with E-state index in [1.807, 2.05) is 0 Å². The molecule has 0 aromatic carbocycles. The smallest absolute Gasteiger partial charge is 0.306 e. The molecular formula is C24H46O4. The number of carboxylic acid groups (broad SMARTS) is 2. The zero-order chi connectivity index (χ0) is 20.9. The van der Waals surface area contributed by atoms with Crippen LogP contribution >= 0.6 is 0 Å². The molecule has 4 heteroatoms. The quantitative estimate of drug-likeness (QED) is 0.184. The highest BCUT2D eigenvalue weighted by atomic mass is 16.4. The van der Waals surface area contributed by atoms with Crippen LogP contribution in [0.3, 0.4) is 0 Å². The highest BCUT2D eigenvalue weighted by Crippen LogP contribution is 2.15. The van der Waals surface area contributed by atoms with Gasteiger partial charge in [-0.25, -0.2) is 0 Å². The standard InChI is InChI=1S/C24H46O4/c1-22(24(27)28)20-18-16-14-12-10-8-6-4-2-3-5-7-9-11-13-15-17-19-21-23(25)26/h22H,2-21H2,1H3,(H,25,26)(H,27,28). The lowest BCUT2D eigenvalue weighted by Crippen LogP contribution is -2.08. The number of carboxylic acids is 2. The van der Waals surface area contributed by atoms with Crippen molar-refractivity contribution in [1.82, 2.24) is 0 Å². The molecule has 2 N–H and O–H groups in total. The average molecular weight is 399 g/mol. The SMILES string of the molecule is CC(CCCCCCCCCCCCCCCCCCCCC(=O)O)C(=O)O. The Morgan fingerprint density at radius 2 is 0.821 bits per heavy atom. The third-order valence-corrected chi connectivity index (χ3v) is 5.70. The van der Waals surface area contributed by atoms with Crippen molar-refractivity contribution in [2.45, 2.75) is 135 Å². The fourth-order valence-corrected chi connectivity index (χ4v) is 3.68. The lowest BCUT2D eigenvalue weighted by atomic mass is 10.0. The molecule has 28 heavy (non-hydrogen) atoms. The third-order valence-electron chi connectivity index (χ3n) is 5.70. The van der Waals surface area contributed by atoms with Crippen LogP contribution in [0.1, 0.15) is 135 Å². The van der Waals surface area contributed by atoms with Crippen LogP contribution in [0, 0.1) is 5.92 Å². The first-order chi connectivity index (χ1) is 13.5. The van der Waals surface area contributed by atoms with Crippen molar-refractivity contribution in [3.05, 3.63) is 0 Å². The molecule has 0 aliphatic rings. The van der Waals surface area contributed by atoms with E-state index in [1.54, 1.807) is 6.92 Å². The lowest BCUT2D eigenvalue weighted by Gasteiger charge is -2.06. The van der Waals surface area contributed by atoms with Crippen LogP contribution in [0.4, 0.5) is 0 Å². The van der Waals surface area contributed by atoms with Crippen LogP contribution in [0.2, 0.25) is 0 Å². The van der Waals surface area contributed by atoms with Crippen LogP contribution in [0.15, 0.2) is 0 Å². The molecule has 1 unspecified atom stereocenters. The Bertz CT molecular complexity index is 368. The number of rotatable bonds is 22. The number of carbonyl (C=O) groups is 2. The molecule has 0 aliphatic heterocycles. The first kappa shape index (κ1) is 26.9. The molecule has 166 valence electrons.